The minimum atomic E-state index is -0.441. The minimum Gasteiger partial charge on any atom is -0.494 e. The van der Waals surface area contributed by atoms with Gasteiger partial charge in [-0.3, -0.25) is 4.98 Å². The van der Waals surface area contributed by atoms with Crippen LogP contribution in [0.25, 0.3) is 11.0 Å². The third-order valence-electron chi connectivity index (χ3n) is 1.70. The molecular weight excluding hydrogens is 171 g/mol. The second-order valence-corrected chi connectivity index (χ2v) is 2.47. The summed E-state index contributed by atoms with van der Waals surface area (Å²) in [5, 5.41) is 0. The summed E-state index contributed by atoms with van der Waals surface area (Å²) in [7, 11) is 1.41. The molecule has 0 bridgehead atoms. The Morgan fingerprint density at radius 3 is 3.00 bits per heavy atom. The van der Waals surface area contributed by atoms with Gasteiger partial charge in [0.05, 0.1) is 24.3 Å². The van der Waals surface area contributed by atoms with Crippen LogP contribution in [0.15, 0.2) is 18.3 Å². The maximum absolute atomic E-state index is 13.1. The largest absolute Gasteiger partial charge is 0.494 e. The topological polar surface area (TPSA) is 35.0 Å². The minimum absolute atomic E-state index is 0.174. The molecule has 1 radical (unpaired) electrons. The summed E-state index contributed by atoms with van der Waals surface area (Å²) >= 11 is 0. The molecule has 3 nitrogen and oxygen atoms in total. The molecular formula is C9H6FN2O. The van der Waals surface area contributed by atoms with Gasteiger partial charge < -0.3 is 4.74 Å². The van der Waals surface area contributed by atoms with Gasteiger partial charge in [0.1, 0.15) is 6.20 Å². The first-order valence-electron chi connectivity index (χ1n) is 3.67. The summed E-state index contributed by atoms with van der Waals surface area (Å²) in [4.78, 5) is 7.80. The highest BCUT2D eigenvalue weighted by atomic mass is 19.1. The van der Waals surface area contributed by atoms with Crippen LogP contribution in [0.4, 0.5) is 4.39 Å². The molecule has 4 heteroatoms. The zero-order valence-electron chi connectivity index (χ0n) is 6.91. The molecule has 0 aliphatic rings. The lowest BCUT2D eigenvalue weighted by Crippen LogP contribution is -1.90. The highest BCUT2D eigenvalue weighted by Crippen LogP contribution is 2.21. The first-order valence-corrected chi connectivity index (χ1v) is 3.67. The fourth-order valence-electron chi connectivity index (χ4n) is 1.08. The zero-order chi connectivity index (χ0) is 9.26. The number of hydrogen-bond donors (Lipinski definition) is 0. The van der Waals surface area contributed by atoms with Gasteiger partial charge >= 0.3 is 0 Å². The maximum Gasteiger partial charge on any atom is 0.167 e. The summed E-state index contributed by atoms with van der Waals surface area (Å²) in [6.45, 7) is 0. The summed E-state index contributed by atoms with van der Waals surface area (Å²) in [6, 6.07) is 2.78. The number of halogens is 1. The molecule has 0 fully saturated rings. The van der Waals surface area contributed by atoms with Crippen LogP contribution in [0.1, 0.15) is 0 Å². The zero-order valence-corrected chi connectivity index (χ0v) is 6.91. The van der Waals surface area contributed by atoms with Crippen LogP contribution in [0.3, 0.4) is 0 Å². The van der Waals surface area contributed by atoms with Gasteiger partial charge in [0.15, 0.2) is 11.6 Å². The number of fused-ring (bicyclic) bond motifs is 1. The van der Waals surface area contributed by atoms with Crippen LogP contribution in [0.2, 0.25) is 0 Å². The molecule has 13 heavy (non-hydrogen) atoms. The maximum atomic E-state index is 13.1. The highest BCUT2D eigenvalue weighted by Gasteiger charge is 2.05. The molecule has 0 unspecified atom stereocenters. The van der Waals surface area contributed by atoms with Crippen LogP contribution >= 0.6 is 0 Å². The van der Waals surface area contributed by atoms with Gasteiger partial charge in [0.25, 0.3) is 0 Å². The van der Waals surface area contributed by atoms with E-state index in [9.17, 15) is 4.39 Å². The lowest BCUT2D eigenvalue weighted by atomic mass is 10.3. The fourth-order valence-corrected chi connectivity index (χ4v) is 1.08. The number of nitrogens with zero attached hydrogens (tertiary/aromatic N) is 2. The predicted octanol–water partition coefficient (Wildman–Crippen LogP) is 1.58. The lowest BCUT2D eigenvalue weighted by Gasteiger charge is -2.01. The van der Waals surface area contributed by atoms with Crippen molar-refractivity contribution in [3.8, 4) is 5.75 Å². The van der Waals surface area contributed by atoms with Crippen molar-refractivity contribution in [2.24, 2.45) is 0 Å². The van der Waals surface area contributed by atoms with Gasteiger partial charge in [0.2, 0.25) is 0 Å². The monoisotopic (exact) mass is 177 g/mol. The van der Waals surface area contributed by atoms with Crippen molar-refractivity contribution in [3.63, 3.8) is 0 Å². The Balaban J connectivity index is 2.74. The number of hydrogen-bond acceptors (Lipinski definition) is 3. The van der Waals surface area contributed by atoms with Gasteiger partial charge in [-0.05, 0) is 0 Å². The first-order chi connectivity index (χ1) is 6.31. The normalized spacial score (nSPS) is 10.3. The average Bonchev–Trinajstić information content (AvgIpc) is 2.17. The van der Waals surface area contributed by atoms with Crippen molar-refractivity contribution >= 4 is 11.0 Å². The van der Waals surface area contributed by atoms with E-state index in [1.165, 1.54) is 25.4 Å². The van der Waals surface area contributed by atoms with E-state index < -0.39 is 5.82 Å². The second-order valence-electron chi connectivity index (χ2n) is 2.47. The van der Waals surface area contributed by atoms with Gasteiger partial charge in [-0.1, -0.05) is 0 Å². The number of rotatable bonds is 1. The van der Waals surface area contributed by atoms with Crippen molar-refractivity contribution in [3.05, 3.63) is 30.3 Å². The van der Waals surface area contributed by atoms with Gasteiger partial charge in [0, 0.05) is 12.1 Å². The lowest BCUT2D eigenvalue weighted by molar-refractivity contribution is 0.387. The quantitative estimate of drug-likeness (QED) is 0.663. The molecule has 0 saturated heterocycles. The van der Waals surface area contributed by atoms with E-state index in [4.69, 9.17) is 4.74 Å². The Morgan fingerprint density at radius 2 is 2.23 bits per heavy atom. The van der Waals surface area contributed by atoms with Gasteiger partial charge in [-0.25, -0.2) is 9.37 Å². The van der Waals surface area contributed by atoms with Crippen LogP contribution < -0.4 is 4.74 Å². The molecule has 0 aliphatic heterocycles. The molecule has 0 atom stereocenters. The summed E-state index contributed by atoms with van der Waals surface area (Å²) < 4.78 is 17.9. The standard InChI is InChI=1S/C9H6FN2O/c1-13-9-5-8-7(4-6(9)10)11-2-3-12-8/h3-5H,1H3. The Morgan fingerprint density at radius 1 is 1.38 bits per heavy atom. The smallest absolute Gasteiger partial charge is 0.167 e. The molecule has 1 heterocycles. The van der Waals surface area contributed by atoms with Crippen LogP contribution in [0.5, 0.6) is 5.75 Å². The Labute approximate surface area is 74.2 Å². The van der Waals surface area contributed by atoms with Crippen molar-refractivity contribution in [1.29, 1.82) is 0 Å². The number of methoxy groups -OCH3 is 1. The summed E-state index contributed by atoms with van der Waals surface area (Å²) in [5.74, 6) is -0.267. The van der Waals surface area contributed by atoms with E-state index in [-0.39, 0.29) is 5.75 Å². The van der Waals surface area contributed by atoms with Gasteiger partial charge in [-0.15, -0.1) is 0 Å². The van der Waals surface area contributed by atoms with Crippen LogP contribution in [-0.4, -0.2) is 17.1 Å². The van der Waals surface area contributed by atoms with E-state index in [0.717, 1.165) is 0 Å². The van der Waals surface area contributed by atoms with E-state index in [1.807, 2.05) is 0 Å². The Bertz CT molecular complexity index is 445. The number of ether oxygens (including phenoxy) is 1. The molecule has 0 N–H and O–H groups in total. The summed E-state index contributed by atoms with van der Waals surface area (Å²) in [6.07, 6.45) is 3.96. The molecule has 0 amide bonds. The molecule has 1 aromatic heterocycles. The van der Waals surface area contributed by atoms with Crippen LogP contribution in [0, 0.1) is 12.0 Å². The molecule has 0 aliphatic carbocycles. The first kappa shape index (κ1) is 7.91. The fraction of sp³-hybridized carbons (Fsp3) is 0.111. The highest BCUT2D eigenvalue weighted by molar-refractivity contribution is 5.75. The van der Waals surface area contributed by atoms with Crippen molar-refractivity contribution in [2.75, 3.05) is 7.11 Å². The third kappa shape index (κ3) is 1.30. The number of benzene rings is 1. The molecule has 0 spiro atoms. The van der Waals surface area contributed by atoms with E-state index in [2.05, 4.69) is 16.2 Å². The van der Waals surface area contributed by atoms with Crippen LogP contribution in [-0.2, 0) is 0 Å². The average molecular weight is 177 g/mol. The van der Waals surface area contributed by atoms with Gasteiger partial charge in [-0.2, -0.15) is 0 Å². The van der Waals surface area contributed by atoms with Crippen molar-refractivity contribution < 1.29 is 9.13 Å². The third-order valence-corrected chi connectivity index (χ3v) is 1.70. The number of aromatic nitrogens is 2. The molecule has 65 valence electrons. The summed E-state index contributed by atoms with van der Waals surface area (Å²) in [5.41, 5.74) is 1.07. The second kappa shape index (κ2) is 2.97. The Kier molecular flexibility index (Phi) is 1.81. The molecule has 1 aromatic carbocycles. The molecule has 2 aromatic rings. The molecule has 2 rings (SSSR count). The Hall–Kier alpha value is -1.71. The molecule has 0 saturated carbocycles. The van der Waals surface area contributed by atoms with Crippen molar-refractivity contribution in [1.82, 2.24) is 9.97 Å². The van der Waals surface area contributed by atoms with E-state index in [1.54, 1.807) is 0 Å². The predicted molar refractivity (Wildman–Crippen MR) is 44.9 cm³/mol. The van der Waals surface area contributed by atoms with E-state index >= 15 is 0 Å². The SMILES string of the molecule is COc1cc2nc[c]nc2cc1F. The van der Waals surface area contributed by atoms with Crippen molar-refractivity contribution in [2.45, 2.75) is 0 Å². The van der Waals surface area contributed by atoms with E-state index in [0.29, 0.717) is 11.0 Å².